The molecule has 0 aliphatic heterocycles. The van der Waals surface area contributed by atoms with Gasteiger partial charge >= 0.3 is 5.97 Å². The van der Waals surface area contributed by atoms with Gasteiger partial charge < -0.3 is 15.9 Å². The molecule has 146 valence electrons. The Morgan fingerprint density at radius 3 is 2.63 bits per heavy atom. The molecule has 0 fully saturated rings. The van der Waals surface area contributed by atoms with Crippen LogP contribution in [0.3, 0.4) is 0 Å². The minimum absolute atomic E-state index is 0.0120. The number of carboxylic acids is 1. The Hall–Kier alpha value is -2.87. The number of nitrogen functional groups attached to an aromatic ring is 1. The minimum atomic E-state index is -0.965. The van der Waals surface area contributed by atoms with Crippen LogP contribution in [0.2, 0.25) is 0 Å². The third-order valence-electron chi connectivity index (χ3n) is 4.42. The van der Waals surface area contributed by atoms with E-state index in [1.807, 2.05) is 13.8 Å². The predicted octanol–water partition coefficient (Wildman–Crippen LogP) is 2.67. The number of carboxylic acid groups (broad SMARTS) is 1. The number of nitrogens with zero attached hydrogens (tertiary/aromatic N) is 3. The zero-order valence-corrected chi connectivity index (χ0v) is 15.8. The van der Waals surface area contributed by atoms with Crippen molar-refractivity contribution in [3.05, 3.63) is 40.6 Å². The molecule has 1 aromatic carbocycles. The van der Waals surface area contributed by atoms with Gasteiger partial charge in [-0.2, -0.15) is 4.98 Å². The van der Waals surface area contributed by atoms with Crippen molar-refractivity contribution in [2.24, 2.45) is 0 Å². The highest BCUT2D eigenvalue weighted by molar-refractivity contribution is 5.70. The van der Waals surface area contributed by atoms with Gasteiger partial charge in [0.05, 0.1) is 12.5 Å². The Kier molecular flexibility index (Phi) is 6.57. The highest BCUT2D eigenvalue weighted by Crippen LogP contribution is 2.29. The maximum absolute atomic E-state index is 10.8. The van der Waals surface area contributed by atoms with Crippen LogP contribution in [0.5, 0.6) is 5.75 Å². The molecular formula is C19H26N4O4. The van der Waals surface area contributed by atoms with Crippen molar-refractivity contribution >= 4 is 17.7 Å². The number of phenols is 1. The Morgan fingerprint density at radius 1 is 1.33 bits per heavy atom. The first-order valence-corrected chi connectivity index (χ1v) is 8.86. The molecule has 1 aromatic heterocycles. The molecule has 8 nitrogen and oxygen atoms in total. The van der Waals surface area contributed by atoms with Crippen LogP contribution < -0.4 is 10.8 Å². The lowest BCUT2D eigenvalue weighted by Gasteiger charge is -2.26. The average Bonchev–Trinajstić information content (AvgIpc) is 2.57. The molecule has 0 spiro atoms. The fraction of sp³-hybridized carbons (Fsp3) is 0.421. The summed E-state index contributed by atoms with van der Waals surface area (Å²) in [4.78, 5) is 19.2. The highest BCUT2D eigenvalue weighted by Gasteiger charge is 2.21. The van der Waals surface area contributed by atoms with Gasteiger partial charge in [-0.1, -0.05) is 25.5 Å². The number of carbonyl (C=O) groups is 1. The number of aliphatic carboxylic acids is 1. The van der Waals surface area contributed by atoms with Crippen LogP contribution in [0.25, 0.3) is 0 Å². The van der Waals surface area contributed by atoms with Crippen molar-refractivity contribution in [2.45, 2.75) is 52.5 Å². The van der Waals surface area contributed by atoms with Gasteiger partial charge in [0.2, 0.25) is 5.95 Å². The first kappa shape index (κ1) is 20.4. The molecule has 0 radical (unpaired) electrons. The number of hydrogen-bond donors (Lipinski definition) is 4. The van der Waals surface area contributed by atoms with Crippen LogP contribution in [0, 0.1) is 6.92 Å². The second-order valence-corrected chi connectivity index (χ2v) is 6.66. The molecule has 0 saturated carbocycles. The quantitative estimate of drug-likeness (QED) is 0.518. The molecule has 27 heavy (non-hydrogen) atoms. The minimum Gasteiger partial charge on any atom is -0.508 e. The smallest absolute Gasteiger partial charge is 0.307 e. The van der Waals surface area contributed by atoms with E-state index in [0.29, 0.717) is 28.2 Å². The van der Waals surface area contributed by atoms with Crippen LogP contribution in [0.4, 0.5) is 11.8 Å². The van der Waals surface area contributed by atoms with Gasteiger partial charge in [-0.25, -0.2) is 10.0 Å². The second-order valence-electron chi connectivity index (χ2n) is 6.66. The number of rotatable bonds is 8. The van der Waals surface area contributed by atoms with Crippen LogP contribution in [0.1, 0.15) is 49.1 Å². The third kappa shape index (κ3) is 5.07. The van der Waals surface area contributed by atoms with E-state index in [2.05, 4.69) is 9.97 Å². The fourth-order valence-electron chi connectivity index (χ4n) is 2.98. The number of aryl methyl sites for hydroxylation is 1. The highest BCUT2D eigenvalue weighted by atomic mass is 16.5. The van der Waals surface area contributed by atoms with Crippen molar-refractivity contribution in [1.82, 2.24) is 9.97 Å². The summed E-state index contributed by atoms with van der Waals surface area (Å²) in [7, 11) is 0. The number of hydroxylamine groups is 1. The van der Waals surface area contributed by atoms with E-state index in [0.717, 1.165) is 17.9 Å². The summed E-state index contributed by atoms with van der Waals surface area (Å²) in [6.45, 7) is 5.69. The van der Waals surface area contributed by atoms with Gasteiger partial charge in [-0.3, -0.25) is 10.0 Å². The lowest BCUT2D eigenvalue weighted by molar-refractivity contribution is -0.136. The summed E-state index contributed by atoms with van der Waals surface area (Å²) in [6, 6.07) is 4.61. The SMILES string of the molecule is CCCC(C)N(O)c1nc(N)nc(C)c1Cc1ccc(CC(=O)O)cc1O. The van der Waals surface area contributed by atoms with E-state index in [-0.39, 0.29) is 30.6 Å². The Bertz CT molecular complexity index is 826. The van der Waals surface area contributed by atoms with Gasteiger partial charge in [0.15, 0.2) is 5.82 Å². The Morgan fingerprint density at radius 2 is 2.04 bits per heavy atom. The van der Waals surface area contributed by atoms with E-state index in [1.54, 1.807) is 19.1 Å². The molecule has 2 rings (SSSR count). The van der Waals surface area contributed by atoms with Crippen molar-refractivity contribution in [2.75, 3.05) is 10.8 Å². The van der Waals surface area contributed by atoms with E-state index >= 15 is 0 Å². The van der Waals surface area contributed by atoms with Crippen LogP contribution in [-0.2, 0) is 17.6 Å². The molecule has 5 N–H and O–H groups in total. The number of phenolic OH excluding ortho intramolecular Hbond substituents is 1. The first-order valence-electron chi connectivity index (χ1n) is 8.86. The standard InChI is InChI=1S/C19H26N4O4/c1-4-5-11(2)23(27)18-15(12(3)21-19(20)22-18)10-14-7-6-13(8-16(14)24)9-17(25)26/h6-8,11,24,27H,4-5,9-10H2,1-3H3,(H,25,26)(H2,20,21,22). The normalized spacial score (nSPS) is 12.0. The van der Waals surface area contributed by atoms with E-state index < -0.39 is 5.97 Å². The number of benzene rings is 1. The molecule has 1 unspecified atom stereocenters. The van der Waals surface area contributed by atoms with Crippen LogP contribution >= 0.6 is 0 Å². The van der Waals surface area contributed by atoms with Crippen molar-refractivity contribution in [1.29, 1.82) is 0 Å². The number of anilines is 2. The van der Waals surface area contributed by atoms with E-state index in [9.17, 15) is 15.1 Å². The summed E-state index contributed by atoms with van der Waals surface area (Å²) in [5.41, 5.74) is 8.11. The van der Waals surface area contributed by atoms with Gasteiger partial charge in [-0.15, -0.1) is 0 Å². The van der Waals surface area contributed by atoms with Crippen molar-refractivity contribution in [3.63, 3.8) is 0 Å². The molecule has 0 bridgehead atoms. The summed E-state index contributed by atoms with van der Waals surface area (Å²) >= 11 is 0. The molecule has 1 atom stereocenters. The average molecular weight is 374 g/mol. The zero-order valence-electron chi connectivity index (χ0n) is 15.8. The number of hydrogen-bond acceptors (Lipinski definition) is 7. The molecular weight excluding hydrogens is 348 g/mol. The Balaban J connectivity index is 2.39. The van der Waals surface area contributed by atoms with Crippen LogP contribution in [0.15, 0.2) is 18.2 Å². The zero-order chi connectivity index (χ0) is 20.1. The molecule has 1 heterocycles. The Labute approximate surface area is 158 Å². The number of aromatic nitrogens is 2. The third-order valence-corrected chi connectivity index (χ3v) is 4.42. The van der Waals surface area contributed by atoms with E-state index in [4.69, 9.17) is 10.8 Å². The lowest BCUT2D eigenvalue weighted by Crippen LogP contribution is -2.31. The van der Waals surface area contributed by atoms with Crippen LogP contribution in [-0.4, -0.2) is 37.4 Å². The molecule has 2 aromatic rings. The van der Waals surface area contributed by atoms with Gasteiger partial charge in [0.1, 0.15) is 5.75 Å². The lowest BCUT2D eigenvalue weighted by atomic mass is 10.00. The van der Waals surface area contributed by atoms with E-state index in [1.165, 1.54) is 6.07 Å². The number of aromatic hydroxyl groups is 1. The molecule has 0 amide bonds. The van der Waals surface area contributed by atoms with Crippen molar-refractivity contribution < 1.29 is 20.2 Å². The summed E-state index contributed by atoms with van der Waals surface area (Å²) in [5, 5.41) is 30.9. The predicted molar refractivity (Wildman–Crippen MR) is 102 cm³/mol. The maximum Gasteiger partial charge on any atom is 0.307 e. The largest absolute Gasteiger partial charge is 0.508 e. The van der Waals surface area contributed by atoms with Gasteiger partial charge in [0.25, 0.3) is 0 Å². The van der Waals surface area contributed by atoms with Gasteiger partial charge in [-0.05, 0) is 37.5 Å². The summed E-state index contributed by atoms with van der Waals surface area (Å²) in [5.74, 6) is -0.597. The summed E-state index contributed by atoms with van der Waals surface area (Å²) < 4.78 is 0. The molecule has 0 saturated heterocycles. The molecule has 8 heteroatoms. The summed E-state index contributed by atoms with van der Waals surface area (Å²) in [6.07, 6.45) is 1.78. The van der Waals surface area contributed by atoms with Crippen molar-refractivity contribution in [3.8, 4) is 5.75 Å². The maximum atomic E-state index is 10.8. The molecule has 0 aliphatic rings. The monoisotopic (exact) mass is 374 g/mol. The number of nitrogens with two attached hydrogens (primary N) is 1. The topological polar surface area (TPSA) is 133 Å². The molecule has 0 aliphatic carbocycles. The van der Waals surface area contributed by atoms with Gasteiger partial charge in [0, 0.05) is 17.7 Å². The fourth-order valence-corrected chi connectivity index (χ4v) is 2.98. The second kappa shape index (κ2) is 8.68. The first-order chi connectivity index (χ1) is 12.7.